The van der Waals surface area contributed by atoms with E-state index in [0.29, 0.717) is 0 Å². The van der Waals surface area contributed by atoms with Gasteiger partial charge in [0.05, 0.1) is 5.69 Å². The van der Waals surface area contributed by atoms with E-state index in [1.165, 1.54) is 0 Å². The van der Waals surface area contributed by atoms with Crippen molar-refractivity contribution in [3.8, 4) is 0 Å². The maximum atomic E-state index is 4.20. The van der Waals surface area contributed by atoms with E-state index in [-0.39, 0.29) is 0 Å². The largest absolute Gasteiger partial charge is 0.258 e. The summed E-state index contributed by atoms with van der Waals surface area (Å²) in [5.74, 6) is 0. The minimum absolute atomic E-state index is 0.796. The Labute approximate surface area is 90.0 Å². The summed E-state index contributed by atoms with van der Waals surface area (Å²) in [5, 5.41) is 0.796. The highest BCUT2D eigenvalue weighted by molar-refractivity contribution is 14.1. The van der Waals surface area contributed by atoms with Gasteiger partial charge in [0.1, 0.15) is 0 Å². The first kappa shape index (κ1) is 8.93. The Morgan fingerprint density at radius 3 is 2.80 bits per heavy atom. The molecule has 1 heterocycles. The third-order valence-corrected chi connectivity index (χ3v) is 2.82. The first-order chi connectivity index (χ1) is 4.74. The lowest BCUT2D eigenvalue weighted by molar-refractivity contribution is 1.15. The van der Waals surface area contributed by atoms with Crippen LogP contribution < -0.4 is 0 Å². The van der Waals surface area contributed by atoms with Crippen LogP contribution in [-0.4, -0.2) is 4.98 Å². The number of rotatable bonds is 1. The van der Waals surface area contributed by atoms with Crippen molar-refractivity contribution in [2.75, 3.05) is 0 Å². The lowest BCUT2D eigenvalue weighted by Crippen LogP contribution is -1.86. The second kappa shape index (κ2) is 4.01. The molecule has 10 heavy (non-hydrogen) atoms. The highest BCUT2D eigenvalue weighted by Gasteiger charge is 1.98. The number of nitrogens with zero attached hydrogens (tertiary/aromatic N) is 1. The van der Waals surface area contributed by atoms with Gasteiger partial charge < -0.3 is 0 Å². The molecule has 0 N–H and O–H groups in total. The summed E-state index contributed by atoms with van der Waals surface area (Å²) < 4.78 is 2.21. The van der Waals surface area contributed by atoms with Crippen LogP contribution in [0.1, 0.15) is 5.69 Å². The van der Waals surface area contributed by atoms with E-state index in [0.717, 1.165) is 19.1 Å². The molecule has 0 fully saturated rings. The first-order valence-corrected chi connectivity index (χ1v) is 5.59. The molecular formula is C6H4Br2IN. The molecular weight excluding hydrogens is 373 g/mol. The fourth-order valence-corrected chi connectivity index (χ4v) is 2.73. The summed E-state index contributed by atoms with van der Waals surface area (Å²) in [6.45, 7) is 0. The molecule has 4 heteroatoms. The van der Waals surface area contributed by atoms with E-state index in [4.69, 9.17) is 0 Å². The van der Waals surface area contributed by atoms with Crippen molar-refractivity contribution in [2.45, 2.75) is 5.33 Å². The Morgan fingerprint density at radius 1 is 1.60 bits per heavy atom. The van der Waals surface area contributed by atoms with Crippen LogP contribution in [0.4, 0.5) is 0 Å². The van der Waals surface area contributed by atoms with Gasteiger partial charge in [-0.1, -0.05) is 15.9 Å². The van der Waals surface area contributed by atoms with Crippen molar-refractivity contribution in [1.29, 1.82) is 0 Å². The Kier molecular flexibility index (Phi) is 3.59. The molecule has 0 aliphatic carbocycles. The van der Waals surface area contributed by atoms with Gasteiger partial charge in [-0.3, -0.25) is 4.98 Å². The zero-order valence-corrected chi connectivity index (χ0v) is 10.3. The summed E-state index contributed by atoms with van der Waals surface area (Å²) >= 11 is 8.98. The molecule has 1 rings (SSSR count). The Morgan fingerprint density at radius 2 is 2.30 bits per heavy atom. The third-order valence-electron chi connectivity index (χ3n) is 1.01. The Balaban J connectivity index is 3.07. The van der Waals surface area contributed by atoms with E-state index < -0.39 is 0 Å². The number of pyridine rings is 1. The minimum atomic E-state index is 0.796. The maximum absolute atomic E-state index is 4.20. The maximum Gasteiger partial charge on any atom is 0.0651 e. The standard InChI is InChI=1S/C6H4Br2IN/c7-2-6-5(8)1-4(9)3-10-6/h1,3H,2H2. The van der Waals surface area contributed by atoms with Crippen LogP contribution in [0.3, 0.4) is 0 Å². The van der Waals surface area contributed by atoms with E-state index >= 15 is 0 Å². The van der Waals surface area contributed by atoms with Gasteiger partial charge in [0.15, 0.2) is 0 Å². The van der Waals surface area contributed by atoms with E-state index in [1.54, 1.807) is 0 Å². The van der Waals surface area contributed by atoms with Gasteiger partial charge in [-0.25, -0.2) is 0 Å². The van der Waals surface area contributed by atoms with Crippen LogP contribution in [-0.2, 0) is 5.33 Å². The fraction of sp³-hybridized carbons (Fsp3) is 0.167. The van der Waals surface area contributed by atoms with Gasteiger partial charge in [0.25, 0.3) is 0 Å². The highest BCUT2D eigenvalue weighted by atomic mass is 127. The summed E-state index contributed by atoms with van der Waals surface area (Å²) in [7, 11) is 0. The van der Waals surface area contributed by atoms with Gasteiger partial charge in [0.2, 0.25) is 0 Å². The van der Waals surface area contributed by atoms with Gasteiger partial charge in [-0.05, 0) is 44.6 Å². The van der Waals surface area contributed by atoms with Crippen LogP contribution in [0, 0.1) is 3.57 Å². The number of alkyl halides is 1. The molecule has 0 atom stereocenters. The van der Waals surface area contributed by atoms with Gasteiger partial charge in [0, 0.05) is 19.6 Å². The normalized spacial score (nSPS) is 9.90. The Bertz CT molecular complexity index is 239. The van der Waals surface area contributed by atoms with Gasteiger partial charge in [-0.2, -0.15) is 0 Å². The van der Waals surface area contributed by atoms with Crippen LogP contribution >= 0.6 is 54.5 Å². The average Bonchev–Trinajstić information content (AvgIpc) is 1.88. The van der Waals surface area contributed by atoms with E-state index in [1.807, 2.05) is 12.3 Å². The fourth-order valence-electron chi connectivity index (χ4n) is 0.541. The molecule has 0 radical (unpaired) electrons. The third kappa shape index (κ3) is 2.17. The van der Waals surface area contributed by atoms with E-state index in [2.05, 4.69) is 59.4 Å². The number of hydrogen-bond donors (Lipinski definition) is 0. The highest BCUT2D eigenvalue weighted by Crippen LogP contribution is 2.18. The molecule has 0 aromatic carbocycles. The van der Waals surface area contributed by atoms with Crippen molar-refractivity contribution in [2.24, 2.45) is 0 Å². The molecule has 1 aromatic heterocycles. The second-order valence-electron chi connectivity index (χ2n) is 1.72. The molecule has 1 aromatic rings. The van der Waals surface area contributed by atoms with Crippen molar-refractivity contribution < 1.29 is 0 Å². The molecule has 0 amide bonds. The molecule has 0 unspecified atom stereocenters. The summed E-state index contributed by atoms with van der Waals surface area (Å²) in [6, 6.07) is 2.05. The van der Waals surface area contributed by atoms with Crippen molar-refractivity contribution in [3.05, 3.63) is 26.0 Å². The monoisotopic (exact) mass is 375 g/mol. The van der Waals surface area contributed by atoms with Crippen LogP contribution in [0.2, 0.25) is 0 Å². The molecule has 0 aliphatic rings. The van der Waals surface area contributed by atoms with Crippen LogP contribution in [0.15, 0.2) is 16.7 Å². The van der Waals surface area contributed by atoms with Crippen molar-refractivity contribution in [3.63, 3.8) is 0 Å². The molecule has 0 saturated carbocycles. The first-order valence-electron chi connectivity index (χ1n) is 2.60. The topological polar surface area (TPSA) is 12.9 Å². The lowest BCUT2D eigenvalue weighted by atomic mass is 10.4. The molecule has 0 spiro atoms. The van der Waals surface area contributed by atoms with Gasteiger partial charge >= 0.3 is 0 Å². The SMILES string of the molecule is BrCc1ncc(I)cc1Br. The Hall–Kier alpha value is 0.840. The molecule has 54 valence electrons. The zero-order chi connectivity index (χ0) is 7.56. The molecule has 0 aliphatic heterocycles. The summed E-state index contributed by atoms with van der Waals surface area (Å²) in [6.07, 6.45) is 1.85. The summed E-state index contributed by atoms with van der Waals surface area (Å²) in [5.41, 5.74) is 1.04. The van der Waals surface area contributed by atoms with E-state index in [9.17, 15) is 0 Å². The zero-order valence-electron chi connectivity index (χ0n) is 4.94. The molecule has 1 nitrogen and oxygen atoms in total. The minimum Gasteiger partial charge on any atom is -0.258 e. The predicted octanol–water partition coefficient (Wildman–Crippen LogP) is 3.34. The molecule has 0 bridgehead atoms. The number of hydrogen-bond acceptors (Lipinski definition) is 1. The lowest BCUT2D eigenvalue weighted by Gasteiger charge is -1.97. The van der Waals surface area contributed by atoms with Gasteiger partial charge in [-0.15, -0.1) is 0 Å². The predicted molar refractivity (Wildman–Crippen MR) is 57.3 cm³/mol. The van der Waals surface area contributed by atoms with Crippen molar-refractivity contribution in [1.82, 2.24) is 4.98 Å². The quantitative estimate of drug-likeness (QED) is 0.541. The molecule has 0 saturated heterocycles. The average molecular weight is 377 g/mol. The second-order valence-corrected chi connectivity index (χ2v) is 4.38. The van der Waals surface area contributed by atoms with Crippen LogP contribution in [0.25, 0.3) is 0 Å². The van der Waals surface area contributed by atoms with Crippen molar-refractivity contribution >= 4 is 54.5 Å². The van der Waals surface area contributed by atoms with Crippen LogP contribution in [0.5, 0.6) is 0 Å². The number of halogens is 3. The number of aromatic nitrogens is 1. The smallest absolute Gasteiger partial charge is 0.0651 e. The summed E-state index contributed by atoms with van der Waals surface area (Å²) in [4.78, 5) is 4.20.